The van der Waals surface area contributed by atoms with Gasteiger partial charge in [0, 0.05) is 17.7 Å². The van der Waals surface area contributed by atoms with E-state index in [1.807, 2.05) is 0 Å². The van der Waals surface area contributed by atoms with Gasteiger partial charge in [-0.3, -0.25) is 29.3 Å². The molecule has 12 heteroatoms. The molecule has 1 aromatic carbocycles. The number of nitrogens with two attached hydrogens (primary N) is 1. The van der Waals surface area contributed by atoms with E-state index in [4.69, 9.17) is 10.5 Å². The number of rotatable bonds is 8. The smallest absolute Gasteiger partial charge is 0.326 e. The van der Waals surface area contributed by atoms with Gasteiger partial charge in [0.25, 0.3) is 23.4 Å². The summed E-state index contributed by atoms with van der Waals surface area (Å²) in [6.45, 7) is 0.762. The Labute approximate surface area is 168 Å². The maximum Gasteiger partial charge on any atom is 0.326 e. The first kappa shape index (κ1) is 21.5. The number of carbonyl (C=O) groups is 4. The summed E-state index contributed by atoms with van der Waals surface area (Å²) >= 11 is 1.08. The molecule has 3 amide bonds. The van der Waals surface area contributed by atoms with E-state index in [0.29, 0.717) is 0 Å². The zero-order valence-electron chi connectivity index (χ0n) is 15.0. The van der Waals surface area contributed by atoms with E-state index >= 15 is 0 Å². The number of non-ortho nitro benzene ring substituents is 1. The Balaban J connectivity index is 1.86. The highest BCUT2D eigenvalue weighted by Crippen LogP contribution is 2.23. The molecule has 0 saturated carbocycles. The largest absolute Gasteiger partial charge is 0.451 e. The third-order valence-corrected chi connectivity index (χ3v) is 4.39. The number of ether oxygens (including phenoxy) is 1. The number of anilines is 1. The topological polar surface area (TPSA) is 171 Å². The molecule has 0 radical (unpaired) electrons. The van der Waals surface area contributed by atoms with Crippen LogP contribution in [0.3, 0.4) is 0 Å². The molecule has 0 aliphatic heterocycles. The van der Waals surface area contributed by atoms with E-state index in [0.717, 1.165) is 17.4 Å². The number of hydrogen-bond acceptors (Lipinski definition) is 8. The molecule has 0 aliphatic carbocycles. The number of amides is 3. The van der Waals surface area contributed by atoms with Crippen LogP contribution < -0.4 is 16.4 Å². The number of hydrogen-bond donors (Lipinski definition) is 3. The highest BCUT2D eigenvalue weighted by molar-refractivity contribution is 7.14. The lowest BCUT2D eigenvalue weighted by Gasteiger charge is -2.13. The summed E-state index contributed by atoms with van der Waals surface area (Å²) in [4.78, 5) is 57.3. The van der Waals surface area contributed by atoms with Crippen molar-refractivity contribution in [3.8, 4) is 0 Å². The second kappa shape index (κ2) is 9.41. The first-order valence-electron chi connectivity index (χ1n) is 8.09. The highest BCUT2D eigenvalue weighted by atomic mass is 32.1. The molecule has 1 heterocycles. The molecule has 0 saturated heterocycles. The van der Waals surface area contributed by atoms with Crippen molar-refractivity contribution in [1.82, 2.24) is 5.32 Å². The summed E-state index contributed by atoms with van der Waals surface area (Å²) < 4.78 is 4.92. The van der Waals surface area contributed by atoms with E-state index in [1.54, 1.807) is 5.38 Å². The molecule has 152 valence electrons. The van der Waals surface area contributed by atoms with Crippen molar-refractivity contribution in [3.05, 3.63) is 57.0 Å². The Hall–Kier alpha value is -3.80. The number of nitrogens with zero attached hydrogens (tertiary/aromatic N) is 1. The maximum atomic E-state index is 12.1. The quantitative estimate of drug-likeness (QED) is 0.325. The zero-order valence-corrected chi connectivity index (χ0v) is 15.9. The van der Waals surface area contributed by atoms with Crippen molar-refractivity contribution in [2.45, 2.75) is 13.0 Å². The normalized spacial score (nSPS) is 11.2. The minimum Gasteiger partial charge on any atom is -0.451 e. The summed E-state index contributed by atoms with van der Waals surface area (Å²) in [6, 6.07) is 6.42. The molecular weight excluding hydrogens is 404 g/mol. The third-order valence-electron chi connectivity index (χ3n) is 3.56. The molecule has 0 aliphatic rings. The van der Waals surface area contributed by atoms with Crippen molar-refractivity contribution in [2.75, 3.05) is 11.9 Å². The fraction of sp³-hybridized carbons (Fsp3) is 0.176. The number of benzene rings is 1. The van der Waals surface area contributed by atoms with Gasteiger partial charge in [0.15, 0.2) is 6.10 Å². The van der Waals surface area contributed by atoms with Gasteiger partial charge in [-0.05, 0) is 24.4 Å². The van der Waals surface area contributed by atoms with E-state index in [-0.39, 0.29) is 21.8 Å². The van der Waals surface area contributed by atoms with Gasteiger partial charge in [0.1, 0.15) is 11.5 Å². The number of thiophene rings is 1. The van der Waals surface area contributed by atoms with E-state index in [1.165, 1.54) is 31.2 Å². The summed E-state index contributed by atoms with van der Waals surface area (Å²) in [5.74, 6) is -3.01. The van der Waals surface area contributed by atoms with Gasteiger partial charge in [-0.15, -0.1) is 11.3 Å². The molecule has 2 aromatic rings. The molecule has 0 bridgehead atoms. The minimum absolute atomic E-state index is 0.00512. The highest BCUT2D eigenvalue weighted by Gasteiger charge is 2.21. The molecule has 11 nitrogen and oxygen atoms in total. The Kier molecular flexibility index (Phi) is 6.98. The SMILES string of the molecule is CC(OC(=O)CNC(=O)c1cccc([N+](=O)[O-])c1)C(=O)Nc1sccc1C(N)=O. The van der Waals surface area contributed by atoms with Crippen molar-refractivity contribution < 1.29 is 28.8 Å². The Morgan fingerprint density at radius 3 is 2.66 bits per heavy atom. The summed E-state index contributed by atoms with van der Waals surface area (Å²) in [7, 11) is 0. The molecule has 1 atom stereocenters. The predicted molar refractivity (Wildman–Crippen MR) is 102 cm³/mol. The van der Waals surface area contributed by atoms with Crippen LogP contribution in [0.25, 0.3) is 0 Å². The van der Waals surface area contributed by atoms with Gasteiger partial charge >= 0.3 is 5.97 Å². The van der Waals surface area contributed by atoms with Crippen molar-refractivity contribution >= 4 is 45.7 Å². The maximum absolute atomic E-state index is 12.1. The second-order valence-corrected chi connectivity index (χ2v) is 6.56. The number of nitro groups is 1. The Morgan fingerprint density at radius 1 is 1.28 bits per heavy atom. The van der Waals surface area contributed by atoms with Crippen molar-refractivity contribution in [1.29, 1.82) is 0 Å². The number of nitrogens with one attached hydrogen (secondary N) is 2. The summed E-state index contributed by atoms with van der Waals surface area (Å²) in [5.41, 5.74) is 5.04. The summed E-state index contributed by atoms with van der Waals surface area (Å²) in [5, 5.41) is 17.2. The average molecular weight is 420 g/mol. The van der Waals surface area contributed by atoms with Crippen molar-refractivity contribution in [2.24, 2.45) is 5.73 Å². The van der Waals surface area contributed by atoms with Gasteiger partial charge in [-0.1, -0.05) is 6.07 Å². The molecule has 0 spiro atoms. The molecule has 29 heavy (non-hydrogen) atoms. The molecule has 4 N–H and O–H groups in total. The standard InChI is InChI=1S/C17H16N4O7S/c1-9(15(24)20-17-12(14(18)23)5-6-29-17)28-13(22)8-19-16(25)10-3-2-4-11(7-10)21(26)27/h2-7,9H,8H2,1H3,(H2,18,23)(H,19,25)(H,20,24). The second-order valence-electron chi connectivity index (χ2n) is 5.64. The number of carbonyl (C=O) groups excluding carboxylic acids is 4. The van der Waals surface area contributed by atoms with Crippen LogP contribution in [0.5, 0.6) is 0 Å². The zero-order chi connectivity index (χ0) is 21.6. The number of esters is 1. The first-order chi connectivity index (χ1) is 13.7. The van der Waals surface area contributed by atoms with Crippen LogP contribution in [0.2, 0.25) is 0 Å². The van der Waals surface area contributed by atoms with Crippen LogP contribution in [0.15, 0.2) is 35.7 Å². The lowest BCUT2D eigenvalue weighted by Crippen LogP contribution is -2.36. The lowest BCUT2D eigenvalue weighted by atomic mass is 10.2. The molecule has 1 unspecified atom stereocenters. The van der Waals surface area contributed by atoms with Gasteiger partial charge in [0.05, 0.1) is 10.5 Å². The van der Waals surface area contributed by atoms with Crippen molar-refractivity contribution in [3.63, 3.8) is 0 Å². The Morgan fingerprint density at radius 2 is 2.00 bits per heavy atom. The van der Waals surface area contributed by atoms with Crippen LogP contribution in [-0.2, 0) is 14.3 Å². The van der Waals surface area contributed by atoms with E-state index in [2.05, 4.69) is 10.6 Å². The minimum atomic E-state index is -1.21. The fourth-order valence-corrected chi connectivity index (χ4v) is 2.92. The van der Waals surface area contributed by atoms with E-state index in [9.17, 15) is 29.3 Å². The number of primary amides is 1. The molecule has 2 rings (SSSR count). The van der Waals surface area contributed by atoms with Gasteiger partial charge in [-0.25, -0.2) is 0 Å². The van der Waals surface area contributed by atoms with Crippen LogP contribution in [0, 0.1) is 10.1 Å². The fourth-order valence-electron chi connectivity index (χ4n) is 2.12. The Bertz CT molecular complexity index is 972. The molecule has 1 aromatic heterocycles. The first-order valence-corrected chi connectivity index (χ1v) is 8.97. The predicted octanol–water partition coefficient (Wildman–Crippen LogP) is 1.06. The summed E-state index contributed by atoms with van der Waals surface area (Å²) in [6.07, 6.45) is -1.21. The lowest BCUT2D eigenvalue weighted by molar-refractivity contribution is -0.384. The number of nitro benzene ring substituents is 1. The van der Waals surface area contributed by atoms with Crippen LogP contribution in [0.4, 0.5) is 10.7 Å². The van der Waals surface area contributed by atoms with Gasteiger partial charge in [-0.2, -0.15) is 0 Å². The van der Waals surface area contributed by atoms with Gasteiger partial charge < -0.3 is 21.1 Å². The van der Waals surface area contributed by atoms with E-state index < -0.39 is 41.3 Å². The van der Waals surface area contributed by atoms with Gasteiger partial charge in [0.2, 0.25) is 0 Å². The van der Waals surface area contributed by atoms with Crippen LogP contribution in [-0.4, -0.2) is 41.3 Å². The third kappa shape index (κ3) is 5.84. The average Bonchev–Trinajstić information content (AvgIpc) is 3.14. The molecular formula is C17H16N4O7S. The van der Waals surface area contributed by atoms with Crippen LogP contribution >= 0.6 is 11.3 Å². The van der Waals surface area contributed by atoms with Crippen LogP contribution in [0.1, 0.15) is 27.6 Å². The molecule has 0 fully saturated rings. The monoisotopic (exact) mass is 420 g/mol.